The Balaban J connectivity index is 1.00. The van der Waals surface area contributed by atoms with Gasteiger partial charge in [0, 0.05) is 31.0 Å². The minimum atomic E-state index is -0.984. The van der Waals surface area contributed by atoms with Crippen molar-refractivity contribution in [3.8, 4) is 0 Å². The van der Waals surface area contributed by atoms with Crippen LogP contribution >= 0.6 is 0 Å². The molecule has 5 heterocycles. The molecule has 11 N–H and O–H groups in total. The molecule has 0 radical (unpaired) electrons. The second-order valence-electron chi connectivity index (χ2n) is 15.5. The van der Waals surface area contributed by atoms with E-state index in [4.69, 9.17) is 20.9 Å². The van der Waals surface area contributed by atoms with Gasteiger partial charge in [-0.15, -0.1) is 0 Å². The highest BCUT2D eigenvalue weighted by Crippen LogP contribution is 2.43. The highest BCUT2D eigenvalue weighted by Gasteiger charge is 2.63. The molecule has 0 aromatic carbocycles. The summed E-state index contributed by atoms with van der Waals surface area (Å²) in [6.07, 6.45) is 2.08. The molecule has 2 amide bonds. The minimum absolute atomic E-state index is 0.0255. The van der Waals surface area contributed by atoms with Crippen molar-refractivity contribution in [2.45, 2.75) is 107 Å². The van der Waals surface area contributed by atoms with Crippen molar-refractivity contribution in [1.29, 1.82) is 0 Å². The van der Waals surface area contributed by atoms with Crippen molar-refractivity contribution < 1.29 is 34.4 Å². The Kier molecular flexibility index (Phi) is 8.32. The van der Waals surface area contributed by atoms with Crippen molar-refractivity contribution in [2.75, 3.05) is 19.7 Å². The Morgan fingerprint density at radius 3 is 2.00 bits per heavy atom. The molecular formula is C32H48N10O7. The lowest BCUT2D eigenvalue weighted by Gasteiger charge is -2.41. The van der Waals surface area contributed by atoms with E-state index in [2.05, 4.69) is 31.3 Å². The zero-order valence-corrected chi connectivity index (χ0v) is 28.3. The summed E-state index contributed by atoms with van der Waals surface area (Å²) in [4.78, 5) is 39.2. The van der Waals surface area contributed by atoms with Gasteiger partial charge in [0.15, 0.2) is 11.9 Å². The second kappa shape index (κ2) is 12.0. The van der Waals surface area contributed by atoms with Gasteiger partial charge in [-0.3, -0.25) is 20.2 Å². The van der Waals surface area contributed by atoms with Crippen LogP contribution in [0.3, 0.4) is 0 Å². The number of nitrogens with zero attached hydrogens (tertiary/aromatic N) is 4. The molecule has 12 unspecified atom stereocenters. The molecule has 2 fully saturated rings. The van der Waals surface area contributed by atoms with E-state index in [0.29, 0.717) is 6.54 Å². The summed E-state index contributed by atoms with van der Waals surface area (Å²) in [6.45, 7) is 10.9. The quantitative estimate of drug-likeness (QED) is 0.0801. The Labute approximate surface area is 284 Å². The number of aliphatic hydroxyl groups is 3. The molecule has 2 aliphatic carbocycles. The Bertz CT molecular complexity index is 1540. The molecule has 0 aromatic rings. The van der Waals surface area contributed by atoms with Crippen LogP contribution in [0.2, 0.25) is 0 Å². The molecule has 0 bridgehead atoms. The Hall–Kier alpha value is -3.58. The number of nitrogens with two attached hydrogens (primary N) is 2. The van der Waals surface area contributed by atoms with Crippen LogP contribution in [0.15, 0.2) is 45.7 Å². The van der Waals surface area contributed by atoms with Gasteiger partial charge in [0.25, 0.3) is 0 Å². The number of carbonyl (C=O) groups excluding carboxylic acids is 2. The first-order valence-electron chi connectivity index (χ1n) is 16.8. The topological polar surface area (TPSA) is 248 Å². The average Bonchev–Trinajstić information content (AvgIpc) is 3.24. The number of ether oxygens (including phenoxy) is 2. The van der Waals surface area contributed by atoms with E-state index in [1.165, 1.54) is 6.08 Å². The van der Waals surface area contributed by atoms with Crippen LogP contribution in [0.4, 0.5) is 0 Å². The molecule has 7 rings (SSSR count). The average molecular weight is 685 g/mol. The number of guanidine groups is 2. The van der Waals surface area contributed by atoms with Gasteiger partial charge in [-0.25, -0.2) is 9.98 Å². The van der Waals surface area contributed by atoms with Crippen LogP contribution in [-0.2, 0) is 19.1 Å². The van der Waals surface area contributed by atoms with Crippen molar-refractivity contribution >= 4 is 23.7 Å². The Morgan fingerprint density at radius 1 is 0.857 bits per heavy atom. The molecule has 12 atom stereocenters. The number of nitrogens with one attached hydrogen (secondary N) is 4. The normalized spacial score (nSPS) is 39.5. The van der Waals surface area contributed by atoms with Crippen LogP contribution in [-0.4, -0.2) is 141 Å². The van der Waals surface area contributed by atoms with E-state index in [1.807, 2.05) is 56.8 Å². The summed E-state index contributed by atoms with van der Waals surface area (Å²) in [5.41, 5.74) is 12.5. The molecule has 1 saturated heterocycles. The van der Waals surface area contributed by atoms with E-state index < -0.39 is 66.2 Å². The van der Waals surface area contributed by atoms with Crippen LogP contribution in [0, 0.1) is 11.8 Å². The maximum absolute atomic E-state index is 13.1. The monoisotopic (exact) mass is 684 g/mol. The SMILES string of the molecule is CC(C)(C)N1C=C(CNC2C(O)C(OCC(C)(C)N3C=C(CNC4C=CC(O)C4O)C4C(=O)NC(N)=NC43)C3OC23)C2C(=O)NC(N)=NC21. The van der Waals surface area contributed by atoms with Crippen molar-refractivity contribution in [3.63, 3.8) is 0 Å². The molecule has 0 aromatic heterocycles. The van der Waals surface area contributed by atoms with Crippen LogP contribution in [0.25, 0.3) is 0 Å². The maximum Gasteiger partial charge on any atom is 0.238 e. The molecule has 17 heteroatoms. The number of carbonyl (C=O) groups is 2. The highest BCUT2D eigenvalue weighted by molar-refractivity contribution is 6.01. The summed E-state index contributed by atoms with van der Waals surface area (Å²) in [6, 6.07) is -0.882. The number of amides is 2. The van der Waals surface area contributed by atoms with Gasteiger partial charge in [-0.1, -0.05) is 12.2 Å². The third-order valence-corrected chi connectivity index (χ3v) is 10.5. The molecule has 5 aliphatic heterocycles. The lowest BCUT2D eigenvalue weighted by atomic mass is 9.95. The van der Waals surface area contributed by atoms with Gasteiger partial charge < -0.3 is 56.7 Å². The lowest BCUT2D eigenvalue weighted by Crippen LogP contribution is -2.57. The van der Waals surface area contributed by atoms with E-state index in [1.54, 1.807) is 6.08 Å². The zero-order chi connectivity index (χ0) is 35.2. The van der Waals surface area contributed by atoms with Crippen molar-refractivity contribution in [1.82, 2.24) is 31.1 Å². The van der Waals surface area contributed by atoms with E-state index in [9.17, 15) is 24.9 Å². The first-order valence-corrected chi connectivity index (χ1v) is 16.8. The maximum atomic E-state index is 13.1. The van der Waals surface area contributed by atoms with E-state index in [-0.39, 0.29) is 54.6 Å². The van der Waals surface area contributed by atoms with Gasteiger partial charge >= 0.3 is 0 Å². The number of hydrogen-bond donors (Lipinski definition) is 9. The van der Waals surface area contributed by atoms with E-state index >= 15 is 0 Å². The van der Waals surface area contributed by atoms with Gasteiger partial charge in [-0.2, -0.15) is 0 Å². The molecule has 268 valence electrons. The summed E-state index contributed by atoms with van der Waals surface area (Å²) in [5.74, 6) is -1.50. The van der Waals surface area contributed by atoms with Gasteiger partial charge in [-0.05, 0) is 45.8 Å². The molecule has 1 saturated carbocycles. The minimum Gasteiger partial charge on any atom is -0.389 e. The molecular weight excluding hydrogens is 636 g/mol. The number of aliphatic hydroxyl groups excluding tert-OH is 3. The summed E-state index contributed by atoms with van der Waals surface area (Å²) < 4.78 is 12.3. The summed E-state index contributed by atoms with van der Waals surface area (Å²) in [7, 11) is 0. The zero-order valence-electron chi connectivity index (χ0n) is 28.3. The van der Waals surface area contributed by atoms with Gasteiger partial charge in [0.2, 0.25) is 11.8 Å². The lowest BCUT2D eigenvalue weighted by molar-refractivity contribution is -0.125. The smallest absolute Gasteiger partial charge is 0.238 e. The third-order valence-electron chi connectivity index (χ3n) is 10.5. The van der Waals surface area contributed by atoms with Crippen molar-refractivity contribution in [2.24, 2.45) is 33.3 Å². The number of aliphatic imine (C=N–C) groups is 2. The fourth-order valence-electron chi connectivity index (χ4n) is 7.87. The van der Waals surface area contributed by atoms with Crippen LogP contribution < -0.4 is 32.7 Å². The van der Waals surface area contributed by atoms with Gasteiger partial charge in [0.1, 0.15) is 54.7 Å². The largest absolute Gasteiger partial charge is 0.389 e. The molecule has 0 spiro atoms. The van der Waals surface area contributed by atoms with E-state index in [0.717, 1.165) is 11.1 Å². The third kappa shape index (κ3) is 6.00. The number of hydrogen-bond acceptors (Lipinski definition) is 15. The summed E-state index contributed by atoms with van der Waals surface area (Å²) in [5, 5.41) is 43.5. The molecule has 7 aliphatic rings. The second-order valence-corrected chi connectivity index (χ2v) is 15.5. The first kappa shape index (κ1) is 33.9. The number of rotatable bonds is 10. The predicted octanol–water partition coefficient (Wildman–Crippen LogP) is -3.53. The number of fused-ring (bicyclic) bond motifs is 3. The van der Waals surface area contributed by atoms with Crippen LogP contribution in [0.5, 0.6) is 0 Å². The number of epoxide rings is 1. The summed E-state index contributed by atoms with van der Waals surface area (Å²) >= 11 is 0. The first-order chi connectivity index (χ1) is 23.0. The Morgan fingerprint density at radius 2 is 1.43 bits per heavy atom. The highest BCUT2D eigenvalue weighted by atomic mass is 16.6. The molecule has 17 nitrogen and oxygen atoms in total. The van der Waals surface area contributed by atoms with Gasteiger partial charge in [0.05, 0.1) is 30.3 Å². The molecule has 49 heavy (non-hydrogen) atoms. The van der Waals surface area contributed by atoms with Crippen LogP contribution in [0.1, 0.15) is 34.6 Å². The predicted molar refractivity (Wildman–Crippen MR) is 177 cm³/mol. The fourth-order valence-corrected chi connectivity index (χ4v) is 7.87. The van der Waals surface area contributed by atoms with Crippen molar-refractivity contribution in [3.05, 3.63) is 35.7 Å². The fraction of sp³-hybridized carbons (Fsp3) is 0.688. The standard InChI is InChI=1S/C32H48N10O7/c1-31(2,3)41-10-14(17-25(41)37-29(33)39-27(17)46)9-36-19-21(45)23(24-22(19)49-24)48-12-32(4,5)42-11-13(8-35-15-6-7-16(43)20(15)44)18-26(42)38-30(34)40-28(18)47/h6-7,10-11,15-26,35-36,43-45H,8-9,12H2,1-5H3,(H3,33,37,39,46)(H3,34,38,40,47).